The Balaban J connectivity index is 2.47. The summed E-state index contributed by atoms with van der Waals surface area (Å²) in [7, 11) is 1.70. The van der Waals surface area contributed by atoms with Gasteiger partial charge in [-0.1, -0.05) is 24.6 Å². The molecule has 0 spiro atoms. The Morgan fingerprint density at radius 3 is 2.83 bits per heavy atom. The van der Waals surface area contributed by atoms with Crippen molar-refractivity contribution in [2.24, 2.45) is 0 Å². The summed E-state index contributed by atoms with van der Waals surface area (Å²) in [5, 5.41) is 3.60. The van der Waals surface area contributed by atoms with Crippen molar-refractivity contribution >= 4 is 11.6 Å². The van der Waals surface area contributed by atoms with Gasteiger partial charge in [-0.2, -0.15) is 0 Å². The minimum Gasteiger partial charge on any atom is -0.383 e. The maximum Gasteiger partial charge on any atom is 0.142 e. The van der Waals surface area contributed by atoms with Crippen LogP contribution in [-0.2, 0) is 11.2 Å². The second-order valence-electron chi connectivity index (χ2n) is 4.39. The highest BCUT2D eigenvalue weighted by Gasteiger charge is 2.08. The molecule has 102 valence electrons. The molecule has 1 N–H and O–H groups in total. The summed E-state index contributed by atoms with van der Waals surface area (Å²) in [5.74, 6) is -0.348. The van der Waals surface area contributed by atoms with Gasteiger partial charge in [0.1, 0.15) is 5.82 Å². The fourth-order valence-electron chi connectivity index (χ4n) is 1.83. The molecule has 2 nitrogen and oxygen atoms in total. The van der Waals surface area contributed by atoms with Crippen molar-refractivity contribution in [3.8, 4) is 0 Å². The maximum atomic E-state index is 13.3. The standard InChI is InChI=1S/C14H21ClFNO/c1-3-8-17-12(10-18-2)6-4-11-5-7-13(15)14(16)9-11/h5,7,9,12,17H,3-4,6,8,10H2,1-2H3. The van der Waals surface area contributed by atoms with E-state index in [0.29, 0.717) is 12.6 Å². The van der Waals surface area contributed by atoms with Crippen LogP contribution < -0.4 is 5.32 Å². The van der Waals surface area contributed by atoms with Crippen molar-refractivity contribution in [2.45, 2.75) is 32.2 Å². The summed E-state index contributed by atoms with van der Waals surface area (Å²) in [6.07, 6.45) is 2.84. The van der Waals surface area contributed by atoms with Gasteiger partial charge in [-0.15, -0.1) is 0 Å². The lowest BCUT2D eigenvalue weighted by Gasteiger charge is -2.17. The molecule has 1 atom stereocenters. The van der Waals surface area contributed by atoms with Gasteiger partial charge in [0.15, 0.2) is 0 Å². The summed E-state index contributed by atoms with van der Waals surface area (Å²) in [6.45, 7) is 3.78. The lowest BCUT2D eigenvalue weighted by molar-refractivity contribution is 0.162. The Kier molecular flexibility index (Phi) is 7.25. The predicted molar refractivity (Wildman–Crippen MR) is 73.7 cm³/mol. The Morgan fingerprint density at radius 1 is 1.44 bits per heavy atom. The van der Waals surface area contributed by atoms with Gasteiger partial charge < -0.3 is 10.1 Å². The number of hydrogen-bond donors (Lipinski definition) is 1. The van der Waals surface area contributed by atoms with E-state index in [1.807, 2.05) is 6.07 Å². The number of methoxy groups -OCH3 is 1. The van der Waals surface area contributed by atoms with Crippen LogP contribution in [0.3, 0.4) is 0 Å². The van der Waals surface area contributed by atoms with E-state index in [-0.39, 0.29) is 10.8 Å². The van der Waals surface area contributed by atoms with Gasteiger partial charge in [0.05, 0.1) is 11.6 Å². The van der Waals surface area contributed by atoms with E-state index in [1.165, 1.54) is 6.07 Å². The normalized spacial score (nSPS) is 12.7. The molecule has 0 fully saturated rings. The fraction of sp³-hybridized carbons (Fsp3) is 0.571. The second-order valence-corrected chi connectivity index (χ2v) is 4.80. The molecule has 0 aliphatic carbocycles. The van der Waals surface area contributed by atoms with Crippen LogP contribution in [0.2, 0.25) is 5.02 Å². The summed E-state index contributed by atoms with van der Waals surface area (Å²) in [4.78, 5) is 0. The number of rotatable bonds is 8. The molecule has 1 rings (SSSR count). The third kappa shape index (κ3) is 5.34. The first-order valence-electron chi connectivity index (χ1n) is 6.33. The molecule has 0 aliphatic rings. The van der Waals surface area contributed by atoms with Crippen LogP contribution in [0.25, 0.3) is 0 Å². The molecule has 0 heterocycles. The van der Waals surface area contributed by atoms with Gasteiger partial charge in [0, 0.05) is 13.2 Å². The number of nitrogens with one attached hydrogen (secondary N) is 1. The van der Waals surface area contributed by atoms with Gasteiger partial charge in [0.25, 0.3) is 0 Å². The van der Waals surface area contributed by atoms with Crippen molar-refractivity contribution in [2.75, 3.05) is 20.3 Å². The number of ether oxygens (including phenoxy) is 1. The zero-order chi connectivity index (χ0) is 13.4. The van der Waals surface area contributed by atoms with Crippen LogP contribution in [0.15, 0.2) is 18.2 Å². The molecule has 1 unspecified atom stereocenters. The summed E-state index contributed by atoms with van der Waals surface area (Å²) in [5.41, 5.74) is 0.969. The molecule has 0 bridgehead atoms. The van der Waals surface area contributed by atoms with E-state index in [0.717, 1.165) is 31.4 Å². The van der Waals surface area contributed by atoms with Crippen LogP contribution in [0.1, 0.15) is 25.3 Å². The van der Waals surface area contributed by atoms with Gasteiger partial charge >= 0.3 is 0 Å². The fourth-order valence-corrected chi connectivity index (χ4v) is 1.95. The highest BCUT2D eigenvalue weighted by molar-refractivity contribution is 6.30. The maximum absolute atomic E-state index is 13.3. The molecular weight excluding hydrogens is 253 g/mol. The Bertz CT molecular complexity index is 360. The topological polar surface area (TPSA) is 21.3 Å². The zero-order valence-corrected chi connectivity index (χ0v) is 11.8. The average Bonchev–Trinajstić information content (AvgIpc) is 2.37. The number of hydrogen-bond acceptors (Lipinski definition) is 2. The molecule has 1 aromatic carbocycles. The molecule has 0 saturated heterocycles. The van der Waals surface area contributed by atoms with Crippen LogP contribution in [-0.4, -0.2) is 26.3 Å². The van der Waals surface area contributed by atoms with Gasteiger partial charge in [-0.3, -0.25) is 0 Å². The SMILES string of the molecule is CCCNC(CCc1ccc(Cl)c(F)c1)COC. The Morgan fingerprint density at radius 2 is 2.22 bits per heavy atom. The summed E-state index contributed by atoms with van der Waals surface area (Å²) < 4.78 is 18.5. The molecule has 1 aromatic rings. The minimum atomic E-state index is -0.348. The number of benzene rings is 1. The molecule has 4 heteroatoms. The number of halogens is 2. The van der Waals surface area contributed by atoms with Gasteiger partial charge in [0.2, 0.25) is 0 Å². The Hall–Kier alpha value is -0.640. The van der Waals surface area contributed by atoms with Crippen molar-refractivity contribution in [3.63, 3.8) is 0 Å². The van der Waals surface area contributed by atoms with Crippen molar-refractivity contribution in [3.05, 3.63) is 34.6 Å². The van der Waals surface area contributed by atoms with Gasteiger partial charge in [-0.25, -0.2) is 4.39 Å². The van der Waals surface area contributed by atoms with Crippen molar-refractivity contribution in [1.29, 1.82) is 0 Å². The monoisotopic (exact) mass is 273 g/mol. The highest BCUT2D eigenvalue weighted by Crippen LogP contribution is 2.17. The van der Waals surface area contributed by atoms with E-state index < -0.39 is 0 Å². The van der Waals surface area contributed by atoms with E-state index in [4.69, 9.17) is 16.3 Å². The largest absolute Gasteiger partial charge is 0.383 e. The first-order chi connectivity index (χ1) is 8.67. The van der Waals surface area contributed by atoms with Crippen LogP contribution in [0, 0.1) is 5.82 Å². The molecule has 0 radical (unpaired) electrons. The minimum absolute atomic E-state index is 0.177. The molecule has 18 heavy (non-hydrogen) atoms. The molecule has 0 amide bonds. The molecule has 0 aliphatic heterocycles. The van der Waals surface area contributed by atoms with E-state index >= 15 is 0 Å². The quantitative estimate of drug-likeness (QED) is 0.784. The third-order valence-corrected chi connectivity index (χ3v) is 3.12. The second kappa shape index (κ2) is 8.46. The third-order valence-electron chi connectivity index (χ3n) is 2.82. The predicted octanol–water partition coefficient (Wildman–Crippen LogP) is 3.43. The van der Waals surface area contributed by atoms with E-state index in [2.05, 4.69) is 12.2 Å². The van der Waals surface area contributed by atoms with Gasteiger partial charge in [-0.05, 0) is 43.5 Å². The number of aryl methyl sites for hydroxylation is 1. The van der Waals surface area contributed by atoms with Crippen molar-refractivity contribution < 1.29 is 9.13 Å². The first kappa shape index (κ1) is 15.4. The first-order valence-corrected chi connectivity index (χ1v) is 6.71. The van der Waals surface area contributed by atoms with E-state index in [1.54, 1.807) is 13.2 Å². The van der Waals surface area contributed by atoms with Crippen LogP contribution in [0.4, 0.5) is 4.39 Å². The summed E-state index contributed by atoms with van der Waals surface area (Å²) >= 11 is 5.65. The van der Waals surface area contributed by atoms with Crippen LogP contribution >= 0.6 is 11.6 Å². The van der Waals surface area contributed by atoms with Crippen molar-refractivity contribution in [1.82, 2.24) is 5.32 Å². The summed E-state index contributed by atoms with van der Waals surface area (Å²) in [6, 6.07) is 5.30. The van der Waals surface area contributed by atoms with E-state index in [9.17, 15) is 4.39 Å². The van der Waals surface area contributed by atoms with Crippen LogP contribution in [0.5, 0.6) is 0 Å². The lowest BCUT2D eigenvalue weighted by atomic mass is 10.1. The molecule has 0 saturated carbocycles. The molecular formula is C14H21ClFNO. The zero-order valence-electron chi connectivity index (χ0n) is 11.0. The highest BCUT2D eigenvalue weighted by atomic mass is 35.5. The Labute approximate surface area is 113 Å². The smallest absolute Gasteiger partial charge is 0.142 e. The average molecular weight is 274 g/mol. The molecule has 0 aromatic heterocycles. The lowest BCUT2D eigenvalue weighted by Crippen LogP contribution is -2.34.